The molecule has 162 valence electrons. The fourth-order valence-electron chi connectivity index (χ4n) is 4.47. The number of hydrogen-bond donors (Lipinski definition) is 1. The molecule has 0 saturated carbocycles. The summed E-state index contributed by atoms with van der Waals surface area (Å²) in [6, 6.07) is 13.3. The monoisotopic (exact) mass is 447 g/mol. The molecule has 5 rings (SSSR count). The molecule has 1 N–H and O–H groups in total. The van der Waals surface area contributed by atoms with E-state index < -0.39 is 6.10 Å². The summed E-state index contributed by atoms with van der Waals surface area (Å²) >= 11 is 1.42. The lowest BCUT2D eigenvalue weighted by Gasteiger charge is -2.35. The lowest BCUT2D eigenvalue weighted by atomic mass is 9.95. The van der Waals surface area contributed by atoms with Crippen molar-refractivity contribution in [3.8, 4) is 6.07 Å². The van der Waals surface area contributed by atoms with E-state index in [4.69, 9.17) is 10.00 Å². The van der Waals surface area contributed by atoms with Crippen LogP contribution in [0.3, 0.4) is 0 Å². The van der Waals surface area contributed by atoms with E-state index in [1.165, 1.54) is 11.3 Å². The van der Waals surface area contributed by atoms with Gasteiger partial charge in [-0.05, 0) is 47.7 Å². The molecule has 1 atom stereocenters. The van der Waals surface area contributed by atoms with E-state index in [9.17, 15) is 14.7 Å². The lowest BCUT2D eigenvalue weighted by molar-refractivity contribution is -0.121. The Kier molecular flexibility index (Phi) is 5.18. The van der Waals surface area contributed by atoms with Crippen molar-refractivity contribution in [1.29, 1.82) is 5.26 Å². The van der Waals surface area contributed by atoms with Crippen molar-refractivity contribution in [1.82, 2.24) is 4.90 Å². The minimum absolute atomic E-state index is 0.0236. The second-order valence-corrected chi connectivity index (χ2v) is 9.21. The number of hydrogen-bond acceptors (Lipinski definition) is 7. The number of benzene rings is 2. The van der Waals surface area contributed by atoms with E-state index in [1.807, 2.05) is 36.1 Å². The molecule has 0 radical (unpaired) electrons. The summed E-state index contributed by atoms with van der Waals surface area (Å²) in [6.07, 6.45) is -0.762. The predicted molar refractivity (Wildman–Crippen MR) is 121 cm³/mol. The van der Waals surface area contributed by atoms with Crippen LogP contribution in [0.15, 0.2) is 36.4 Å². The molecule has 1 unspecified atom stereocenters. The van der Waals surface area contributed by atoms with E-state index in [0.717, 1.165) is 32.5 Å². The van der Waals surface area contributed by atoms with Crippen molar-refractivity contribution >= 4 is 39.0 Å². The first kappa shape index (κ1) is 20.6. The van der Waals surface area contributed by atoms with Crippen LogP contribution in [0.25, 0.3) is 10.1 Å². The number of nitrogens with zero attached hydrogens (tertiary/aromatic N) is 3. The van der Waals surface area contributed by atoms with Gasteiger partial charge in [0.1, 0.15) is 17.6 Å². The van der Waals surface area contributed by atoms with E-state index in [1.54, 1.807) is 17.0 Å². The fourth-order valence-corrected chi connectivity index (χ4v) is 5.36. The van der Waals surface area contributed by atoms with Crippen LogP contribution in [0.4, 0.5) is 5.69 Å². The average molecular weight is 448 g/mol. The van der Waals surface area contributed by atoms with E-state index in [2.05, 4.69) is 6.07 Å². The number of esters is 1. The maximum absolute atomic E-state index is 12.9. The first-order chi connectivity index (χ1) is 15.4. The van der Waals surface area contributed by atoms with Crippen molar-refractivity contribution in [2.75, 3.05) is 31.1 Å². The molecule has 0 bridgehead atoms. The summed E-state index contributed by atoms with van der Waals surface area (Å²) in [7, 11) is 0. The molecule has 0 spiro atoms. The van der Waals surface area contributed by atoms with Crippen LogP contribution in [-0.4, -0.2) is 48.1 Å². The Morgan fingerprint density at radius 3 is 2.84 bits per heavy atom. The summed E-state index contributed by atoms with van der Waals surface area (Å²) in [5.41, 5.74) is 3.84. The number of aliphatic hydroxyl groups is 1. The van der Waals surface area contributed by atoms with Crippen LogP contribution in [0.1, 0.15) is 38.0 Å². The Hall–Kier alpha value is -3.25. The van der Waals surface area contributed by atoms with Crippen molar-refractivity contribution in [2.24, 2.45) is 0 Å². The molecule has 2 aliphatic rings. The zero-order valence-corrected chi connectivity index (χ0v) is 18.3. The van der Waals surface area contributed by atoms with Crippen molar-refractivity contribution in [2.45, 2.75) is 19.6 Å². The first-order valence-corrected chi connectivity index (χ1v) is 11.2. The standard InChI is InChI=1S/C24H21N3O4S/c1-14-18(4-5-19-20(14)13-31-24(19)30)21(28)11-26-6-7-27(23(29)12-26)16-3-2-15-8-17(10-25)32-22(15)9-16/h2-5,8-9,21,28H,6-7,11-13H2,1H3. The molecule has 1 aromatic heterocycles. The smallest absolute Gasteiger partial charge is 0.338 e. The highest BCUT2D eigenvalue weighted by atomic mass is 32.1. The van der Waals surface area contributed by atoms with Gasteiger partial charge in [0.25, 0.3) is 0 Å². The number of β-amino-alcohol motifs (C(OH)–C–C–N with tert-alkyl or cyclic N) is 1. The van der Waals surface area contributed by atoms with Crippen LogP contribution in [0, 0.1) is 18.3 Å². The third-order valence-corrected chi connectivity index (χ3v) is 7.23. The molecule has 32 heavy (non-hydrogen) atoms. The fraction of sp³-hybridized carbons (Fsp3) is 0.292. The minimum Gasteiger partial charge on any atom is -0.457 e. The van der Waals surface area contributed by atoms with E-state index in [-0.39, 0.29) is 25.0 Å². The number of anilines is 1. The third-order valence-electron chi connectivity index (χ3n) is 6.22. The maximum atomic E-state index is 12.9. The first-order valence-electron chi connectivity index (χ1n) is 10.4. The number of thiophene rings is 1. The summed E-state index contributed by atoms with van der Waals surface area (Å²) in [6.45, 7) is 3.85. The Bertz CT molecular complexity index is 1290. The Morgan fingerprint density at radius 1 is 1.22 bits per heavy atom. The Labute approximate surface area is 189 Å². The van der Waals surface area contributed by atoms with Crippen LogP contribution < -0.4 is 4.90 Å². The van der Waals surface area contributed by atoms with Crippen LogP contribution in [0.2, 0.25) is 0 Å². The highest BCUT2D eigenvalue weighted by Gasteiger charge is 2.29. The van der Waals surface area contributed by atoms with Gasteiger partial charge in [-0.15, -0.1) is 11.3 Å². The van der Waals surface area contributed by atoms with Crippen LogP contribution in [0.5, 0.6) is 0 Å². The quantitative estimate of drug-likeness (QED) is 0.618. The minimum atomic E-state index is -0.762. The van der Waals surface area contributed by atoms with Gasteiger partial charge in [0.2, 0.25) is 5.91 Å². The molecule has 2 aromatic carbocycles. The normalized spacial score (nSPS) is 17.3. The largest absolute Gasteiger partial charge is 0.457 e. The van der Waals surface area contributed by atoms with Gasteiger partial charge in [-0.1, -0.05) is 12.1 Å². The van der Waals surface area contributed by atoms with Gasteiger partial charge in [0.05, 0.1) is 18.2 Å². The molecule has 3 heterocycles. The van der Waals surface area contributed by atoms with Gasteiger partial charge in [-0.2, -0.15) is 5.26 Å². The molecule has 7 nitrogen and oxygen atoms in total. The molecule has 8 heteroatoms. The number of cyclic esters (lactones) is 1. The van der Waals surface area contributed by atoms with E-state index in [0.29, 0.717) is 30.1 Å². The number of fused-ring (bicyclic) bond motifs is 2. The highest BCUT2D eigenvalue weighted by Crippen LogP contribution is 2.31. The van der Waals surface area contributed by atoms with Gasteiger partial charge in [0.15, 0.2) is 0 Å². The number of piperazine rings is 1. The van der Waals surface area contributed by atoms with E-state index >= 15 is 0 Å². The molecule has 0 aliphatic carbocycles. The SMILES string of the molecule is Cc1c(C(O)CN2CCN(c3ccc4cc(C#N)sc4c3)C(=O)C2)ccc2c1COC2=O. The maximum Gasteiger partial charge on any atom is 0.338 e. The average Bonchev–Trinajstić information content (AvgIpc) is 3.37. The predicted octanol–water partition coefficient (Wildman–Crippen LogP) is 3.13. The topological polar surface area (TPSA) is 93.9 Å². The zero-order chi connectivity index (χ0) is 22.4. The molecule has 2 aliphatic heterocycles. The zero-order valence-electron chi connectivity index (χ0n) is 17.5. The lowest BCUT2D eigenvalue weighted by Crippen LogP contribution is -2.51. The second kappa shape index (κ2) is 8.02. The summed E-state index contributed by atoms with van der Waals surface area (Å²) in [4.78, 5) is 29.0. The van der Waals surface area contributed by atoms with Crippen LogP contribution >= 0.6 is 11.3 Å². The van der Waals surface area contributed by atoms with Crippen molar-refractivity contribution in [3.63, 3.8) is 0 Å². The molecular weight excluding hydrogens is 426 g/mol. The summed E-state index contributed by atoms with van der Waals surface area (Å²) in [5, 5.41) is 21.0. The van der Waals surface area contributed by atoms with Crippen molar-refractivity contribution < 1.29 is 19.4 Å². The van der Waals surface area contributed by atoms with Gasteiger partial charge in [-0.3, -0.25) is 9.69 Å². The number of carbonyl (C=O) groups is 2. The number of nitriles is 1. The number of ether oxygens (including phenoxy) is 1. The van der Waals surface area contributed by atoms with Gasteiger partial charge >= 0.3 is 5.97 Å². The Morgan fingerprint density at radius 2 is 2.06 bits per heavy atom. The van der Waals surface area contributed by atoms with Gasteiger partial charge in [0, 0.05) is 35.6 Å². The summed E-state index contributed by atoms with van der Waals surface area (Å²) < 4.78 is 6.08. The second-order valence-electron chi connectivity index (χ2n) is 8.12. The summed E-state index contributed by atoms with van der Waals surface area (Å²) in [5.74, 6) is -0.347. The Balaban J connectivity index is 1.27. The number of aliphatic hydroxyl groups excluding tert-OH is 1. The van der Waals surface area contributed by atoms with Gasteiger partial charge < -0.3 is 14.7 Å². The third kappa shape index (κ3) is 3.54. The molecule has 1 fully saturated rings. The number of rotatable bonds is 4. The van der Waals surface area contributed by atoms with Crippen LogP contribution in [-0.2, 0) is 16.1 Å². The van der Waals surface area contributed by atoms with Crippen molar-refractivity contribution in [3.05, 3.63) is 63.5 Å². The molecule has 3 aromatic rings. The number of carbonyl (C=O) groups excluding carboxylic acids is 2. The highest BCUT2D eigenvalue weighted by molar-refractivity contribution is 7.19. The number of amides is 1. The molecular formula is C24H21N3O4S. The molecule has 1 amide bonds. The van der Waals surface area contributed by atoms with Gasteiger partial charge in [-0.25, -0.2) is 4.79 Å². The molecule has 1 saturated heterocycles.